The van der Waals surface area contributed by atoms with E-state index in [-0.39, 0.29) is 66.4 Å². The van der Waals surface area contributed by atoms with Gasteiger partial charge in [0.1, 0.15) is 23.4 Å². The van der Waals surface area contributed by atoms with E-state index in [0.717, 1.165) is 6.07 Å². The lowest BCUT2D eigenvalue weighted by molar-refractivity contribution is -0.137. The number of para-hydroxylation sites is 1. The van der Waals surface area contributed by atoms with Crippen molar-refractivity contribution in [2.75, 3.05) is 6.61 Å². The van der Waals surface area contributed by atoms with E-state index in [1.54, 1.807) is 19.9 Å². The Morgan fingerprint density at radius 2 is 1.72 bits per heavy atom. The number of aryl methyl sites for hydroxylation is 1. The van der Waals surface area contributed by atoms with E-state index in [0.29, 0.717) is 24.1 Å². The third kappa shape index (κ3) is 8.42. The van der Waals surface area contributed by atoms with Crippen LogP contribution in [0.15, 0.2) is 47.0 Å². The third-order valence-electron chi connectivity index (χ3n) is 10.2. The van der Waals surface area contributed by atoms with Gasteiger partial charge in [0.05, 0.1) is 24.1 Å². The number of carbonyl (C=O) groups excluding carboxylic acids is 4. The van der Waals surface area contributed by atoms with Gasteiger partial charge in [-0.05, 0) is 60.0 Å². The minimum atomic E-state index is -4.66. The van der Waals surface area contributed by atoms with Gasteiger partial charge in [0, 0.05) is 17.5 Å². The summed E-state index contributed by atoms with van der Waals surface area (Å²) in [6.07, 6.45) is -4.19. The average Bonchev–Trinajstić information content (AvgIpc) is 3.78. The lowest BCUT2D eigenvalue weighted by Crippen LogP contribution is -2.65. The van der Waals surface area contributed by atoms with Crippen LogP contribution in [0.4, 0.5) is 17.6 Å². The van der Waals surface area contributed by atoms with E-state index in [4.69, 9.17) is 9.26 Å². The van der Waals surface area contributed by atoms with E-state index < -0.39 is 64.8 Å². The Balaban J connectivity index is 1.53. The van der Waals surface area contributed by atoms with Crippen molar-refractivity contribution in [3.8, 4) is 0 Å². The Hall–Kier alpha value is -5.28. The molecule has 2 aromatic heterocycles. The van der Waals surface area contributed by atoms with Crippen LogP contribution in [0.25, 0.3) is 10.9 Å². The molecule has 0 radical (unpaired) electrons. The second-order valence-corrected chi connectivity index (χ2v) is 13.8. The molecule has 0 aliphatic heterocycles. The number of amides is 3. The highest BCUT2D eigenvalue weighted by Crippen LogP contribution is 2.40. The number of aromatic amines is 1. The predicted molar refractivity (Wildman–Crippen MR) is 188 cm³/mol. The Morgan fingerprint density at radius 3 is 2.39 bits per heavy atom. The molecule has 4 N–H and O–H groups in total. The quantitative estimate of drug-likeness (QED) is 0.0911. The Kier molecular flexibility index (Phi) is 12.1. The van der Waals surface area contributed by atoms with E-state index in [1.807, 2.05) is 20.8 Å². The Labute approximate surface area is 309 Å². The summed E-state index contributed by atoms with van der Waals surface area (Å²) in [7, 11) is 0. The van der Waals surface area contributed by atoms with Crippen LogP contribution in [-0.2, 0) is 44.6 Å². The van der Waals surface area contributed by atoms with Crippen LogP contribution in [0.3, 0.4) is 0 Å². The lowest BCUT2D eigenvalue weighted by atomic mass is 9.78. The van der Waals surface area contributed by atoms with Gasteiger partial charge in [-0.15, -0.1) is 0 Å². The number of nitrogens with one attached hydrogen (secondary N) is 4. The molecule has 1 aliphatic rings. The molecule has 2 aromatic carbocycles. The van der Waals surface area contributed by atoms with Gasteiger partial charge in [0.2, 0.25) is 23.6 Å². The maximum Gasteiger partial charge on any atom is 0.418 e. The summed E-state index contributed by atoms with van der Waals surface area (Å²) in [6.45, 7) is 8.92. The summed E-state index contributed by atoms with van der Waals surface area (Å²) in [6, 6.07) is 7.45. The number of rotatable bonds is 14. The first-order valence-corrected chi connectivity index (χ1v) is 18.0. The van der Waals surface area contributed by atoms with Crippen molar-refractivity contribution < 1.29 is 46.0 Å². The van der Waals surface area contributed by atoms with Crippen LogP contribution in [-0.4, -0.2) is 57.0 Å². The second-order valence-electron chi connectivity index (χ2n) is 13.8. The first-order chi connectivity index (χ1) is 25.6. The molecule has 54 heavy (non-hydrogen) atoms. The van der Waals surface area contributed by atoms with Crippen molar-refractivity contribution >= 4 is 34.6 Å². The van der Waals surface area contributed by atoms with E-state index in [9.17, 15) is 36.7 Å². The number of halogens is 4. The molecular weight excluding hydrogens is 712 g/mol. The van der Waals surface area contributed by atoms with Gasteiger partial charge in [-0.25, -0.2) is 9.18 Å². The zero-order chi connectivity index (χ0) is 39.4. The summed E-state index contributed by atoms with van der Waals surface area (Å²) < 4.78 is 66.9. The largest absolute Gasteiger partial charge is 0.460 e. The molecule has 5 unspecified atom stereocenters. The first kappa shape index (κ1) is 39.9. The molecule has 0 bridgehead atoms. The monoisotopic (exact) mass is 756 g/mol. The number of nitrogens with zero attached hydrogens (tertiary/aromatic N) is 2. The number of ether oxygens (including phenoxy) is 1. The molecule has 12 nitrogen and oxygen atoms in total. The number of fused-ring (bicyclic) bond motifs is 3. The summed E-state index contributed by atoms with van der Waals surface area (Å²) in [4.78, 5) is 61.7. The van der Waals surface area contributed by atoms with Gasteiger partial charge in [0.15, 0.2) is 0 Å². The normalized spacial score (nSPS) is 17.9. The summed E-state index contributed by atoms with van der Waals surface area (Å²) >= 11 is 0. The predicted octanol–water partition coefficient (Wildman–Crippen LogP) is 5.91. The zero-order valence-electron chi connectivity index (χ0n) is 30.7. The van der Waals surface area contributed by atoms with E-state index in [2.05, 4.69) is 31.1 Å². The van der Waals surface area contributed by atoms with Crippen LogP contribution in [0, 0.1) is 17.7 Å². The lowest BCUT2D eigenvalue weighted by Gasteiger charge is -2.39. The molecule has 16 heteroatoms. The number of benzene rings is 2. The minimum Gasteiger partial charge on any atom is -0.460 e. The molecule has 0 spiro atoms. The number of alkyl halides is 3. The SMILES string of the molecule is CCOC(=O)c1noc(C(NC(=O)C2(NC(=O)C(NC(=O)Cc3ccccc3F)C(C)CC)CCc3[nH]c4c(C(F)(F)F)cccc4c3C2)C(C)CC)n1. The number of hydrogen-bond acceptors (Lipinski definition) is 8. The van der Waals surface area contributed by atoms with Gasteiger partial charge in [-0.3, -0.25) is 14.4 Å². The maximum absolute atomic E-state index is 14.7. The van der Waals surface area contributed by atoms with Crippen LogP contribution in [0.1, 0.15) is 98.8 Å². The maximum atomic E-state index is 14.7. The minimum absolute atomic E-state index is 0.0344. The highest BCUT2D eigenvalue weighted by atomic mass is 19.4. The average molecular weight is 757 g/mol. The van der Waals surface area contributed by atoms with Gasteiger partial charge < -0.3 is 30.2 Å². The van der Waals surface area contributed by atoms with Crippen LogP contribution < -0.4 is 16.0 Å². The van der Waals surface area contributed by atoms with Crippen LogP contribution >= 0.6 is 0 Å². The number of esters is 1. The highest BCUT2D eigenvalue weighted by Gasteiger charge is 2.47. The van der Waals surface area contributed by atoms with E-state index >= 15 is 0 Å². The van der Waals surface area contributed by atoms with Gasteiger partial charge in [-0.1, -0.05) is 70.9 Å². The molecule has 2 heterocycles. The topological polar surface area (TPSA) is 168 Å². The Morgan fingerprint density at radius 1 is 1.00 bits per heavy atom. The fourth-order valence-corrected chi connectivity index (χ4v) is 6.72. The van der Waals surface area contributed by atoms with Crippen LogP contribution in [0.2, 0.25) is 0 Å². The third-order valence-corrected chi connectivity index (χ3v) is 10.2. The van der Waals surface area contributed by atoms with Crippen molar-refractivity contribution in [3.05, 3.63) is 82.4 Å². The summed E-state index contributed by atoms with van der Waals surface area (Å²) in [5, 5.41) is 12.5. The number of aromatic nitrogens is 3. The molecule has 0 fully saturated rings. The zero-order valence-corrected chi connectivity index (χ0v) is 30.7. The van der Waals surface area contributed by atoms with Gasteiger partial charge in [-0.2, -0.15) is 18.2 Å². The van der Waals surface area contributed by atoms with Gasteiger partial charge in [0.25, 0.3) is 5.82 Å². The van der Waals surface area contributed by atoms with Crippen molar-refractivity contribution in [2.24, 2.45) is 11.8 Å². The fraction of sp³-hybridized carbons (Fsp3) is 0.474. The van der Waals surface area contributed by atoms with Crippen molar-refractivity contribution in [2.45, 2.75) is 96.9 Å². The number of hydrogen-bond donors (Lipinski definition) is 4. The molecule has 3 amide bonds. The molecule has 290 valence electrons. The molecule has 0 saturated heterocycles. The molecular formula is C38H44F4N6O6. The van der Waals surface area contributed by atoms with Crippen molar-refractivity contribution in [1.82, 2.24) is 31.1 Å². The van der Waals surface area contributed by atoms with Gasteiger partial charge >= 0.3 is 12.1 Å². The molecule has 0 saturated carbocycles. The molecule has 5 rings (SSSR count). The van der Waals surface area contributed by atoms with E-state index in [1.165, 1.54) is 30.3 Å². The fourth-order valence-electron chi connectivity index (χ4n) is 6.72. The molecule has 4 aromatic rings. The number of carbonyl (C=O) groups is 4. The summed E-state index contributed by atoms with van der Waals surface area (Å²) in [5.74, 6) is -4.62. The second kappa shape index (κ2) is 16.4. The molecule has 5 atom stereocenters. The first-order valence-electron chi connectivity index (χ1n) is 18.0. The molecule has 1 aliphatic carbocycles. The standard InChI is InChI=1S/C38H44F4N6O6/c1-6-20(4)29(44-28(49)18-22-12-9-10-15-26(22)39)33(50)47-37(17-16-27-24(19-37)23-13-11-14-25(31(23)43-27)38(40,41)42)36(52)45-30(21(5)7-2)34-46-32(48-54-34)35(51)53-8-3/h9-15,20-21,29-30,43H,6-8,16-19H2,1-5H3,(H,44,49)(H,45,52)(H,47,50). The number of H-pyrrole nitrogens is 1. The summed E-state index contributed by atoms with van der Waals surface area (Å²) in [5.41, 5.74) is -1.70. The highest BCUT2D eigenvalue weighted by molar-refractivity contribution is 5.97. The smallest absolute Gasteiger partial charge is 0.418 e. The van der Waals surface area contributed by atoms with Crippen LogP contribution in [0.5, 0.6) is 0 Å². The van der Waals surface area contributed by atoms with Crippen molar-refractivity contribution in [1.29, 1.82) is 0 Å². The Bertz CT molecular complexity index is 2010. The van der Waals surface area contributed by atoms with Crippen molar-refractivity contribution in [3.63, 3.8) is 0 Å².